The zero-order valence-corrected chi connectivity index (χ0v) is 29.5. The van der Waals surface area contributed by atoms with Gasteiger partial charge in [0.2, 0.25) is 0 Å². The number of rotatable bonds is 16. The van der Waals surface area contributed by atoms with Crippen molar-refractivity contribution in [2.75, 3.05) is 30.5 Å². The maximum absolute atomic E-state index is 13.4. The zero-order chi connectivity index (χ0) is 34.4. The standard InChI is InChI=1S/C29H26ClFN4O4S.C6H12O2.ClH/c1-40(36,37)12-11-32-16-23-7-10-27(39-23)20-5-8-26-24(14-20)29(34-18-33-26)35-22-6-9-28(25(30)15-22)38-17-19-3-2-4-21(31)13-19;1-2-3-4-5-8-6-7;/h2-10,13-15,18,32H,11-12,16-17H2,1H3,(H,33,34,35);6H,2-5H2,1H3;1H. The lowest BCUT2D eigenvalue weighted by molar-refractivity contribution is -0.128. The molecular weight excluding hydrogens is 694 g/mol. The van der Waals surface area contributed by atoms with Crippen molar-refractivity contribution >= 4 is 62.7 Å². The van der Waals surface area contributed by atoms with Crippen LogP contribution in [0.3, 0.4) is 0 Å². The number of carbonyl (C=O) groups is 1. The molecule has 0 saturated heterocycles. The Labute approximate surface area is 296 Å². The molecule has 0 spiro atoms. The van der Waals surface area contributed by atoms with Gasteiger partial charge in [0.25, 0.3) is 6.47 Å². The first-order valence-corrected chi connectivity index (χ1v) is 17.8. The summed E-state index contributed by atoms with van der Waals surface area (Å²) in [6.45, 7) is 4.14. The lowest BCUT2D eigenvalue weighted by Gasteiger charge is -2.12. The van der Waals surface area contributed by atoms with E-state index in [0.717, 1.165) is 29.3 Å². The number of hydrogen-bond acceptors (Lipinski definition) is 10. The predicted octanol–water partition coefficient (Wildman–Crippen LogP) is 7.91. The Morgan fingerprint density at radius 1 is 1.02 bits per heavy atom. The molecule has 49 heavy (non-hydrogen) atoms. The summed E-state index contributed by atoms with van der Waals surface area (Å²) in [6.07, 6.45) is 6.00. The van der Waals surface area contributed by atoms with E-state index in [1.54, 1.807) is 24.3 Å². The number of benzene rings is 3. The molecule has 0 aliphatic heterocycles. The molecule has 0 aliphatic carbocycles. The van der Waals surface area contributed by atoms with Gasteiger partial charge in [-0.3, -0.25) is 4.79 Å². The molecule has 2 heterocycles. The van der Waals surface area contributed by atoms with Crippen LogP contribution in [0.4, 0.5) is 15.9 Å². The van der Waals surface area contributed by atoms with Crippen LogP contribution in [0.5, 0.6) is 5.75 Å². The number of furan rings is 1. The van der Waals surface area contributed by atoms with Gasteiger partial charge in [-0.1, -0.05) is 43.5 Å². The lowest BCUT2D eigenvalue weighted by atomic mass is 10.1. The first-order chi connectivity index (χ1) is 23.1. The minimum absolute atomic E-state index is 0. The van der Waals surface area contributed by atoms with Crippen LogP contribution in [-0.4, -0.2) is 50.0 Å². The van der Waals surface area contributed by atoms with Crippen LogP contribution in [0.2, 0.25) is 5.02 Å². The summed E-state index contributed by atoms with van der Waals surface area (Å²) in [5.74, 6) is 2.17. The van der Waals surface area contributed by atoms with E-state index in [4.69, 9.17) is 20.8 Å². The van der Waals surface area contributed by atoms with Crippen LogP contribution < -0.4 is 15.4 Å². The molecule has 14 heteroatoms. The molecule has 0 saturated carbocycles. The third kappa shape index (κ3) is 13.0. The number of fused-ring (bicyclic) bond motifs is 1. The van der Waals surface area contributed by atoms with Crippen molar-refractivity contribution in [3.05, 3.63) is 101 Å². The Hall–Kier alpha value is -4.23. The SMILES string of the molecule is CCCCCOC=O.CS(=O)(=O)CCNCc1ccc(-c2ccc3ncnc(Nc4ccc(OCc5cccc(F)c5)c(Cl)c4)c3c2)o1.Cl. The van der Waals surface area contributed by atoms with Crippen LogP contribution in [0.15, 0.2) is 83.5 Å². The number of hydrogen-bond donors (Lipinski definition) is 2. The van der Waals surface area contributed by atoms with Crippen LogP contribution in [0.25, 0.3) is 22.2 Å². The summed E-state index contributed by atoms with van der Waals surface area (Å²) in [6, 6.07) is 21.0. The minimum atomic E-state index is -3.02. The number of aromatic nitrogens is 2. The van der Waals surface area contributed by atoms with Crippen molar-refractivity contribution in [3.63, 3.8) is 0 Å². The van der Waals surface area contributed by atoms with Crippen LogP contribution in [0.1, 0.15) is 37.5 Å². The average molecular weight is 734 g/mol. The molecule has 0 atom stereocenters. The first kappa shape index (κ1) is 39.2. The third-order valence-corrected chi connectivity index (χ3v) is 8.18. The Morgan fingerprint density at radius 2 is 1.86 bits per heavy atom. The molecule has 3 aromatic carbocycles. The zero-order valence-electron chi connectivity index (χ0n) is 27.2. The predicted molar refractivity (Wildman–Crippen MR) is 193 cm³/mol. The smallest absolute Gasteiger partial charge is 0.293 e. The molecule has 10 nitrogen and oxygen atoms in total. The van der Waals surface area contributed by atoms with Gasteiger partial charge in [0.15, 0.2) is 0 Å². The molecular formula is C35H39Cl2FN4O6S. The summed E-state index contributed by atoms with van der Waals surface area (Å²) in [4.78, 5) is 18.3. The van der Waals surface area contributed by atoms with Gasteiger partial charge in [-0.25, -0.2) is 22.8 Å². The highest BCUT2D eigenvalue weighted by Crippen LogP contribution is 2.33. The molecule has 0 amide bonds. The molecule has 2 aromatic heterocycles. The van der Waals surface area contributed by atoms with Crippen LogP contribution >= 0.6 is 24.0 Å². The maximum Gasteiger partial charge on any atom is 0.293 e. The van der Waals surface area contributed by atoms with E-state index in [0.29, 0.717) is 65.5 Å². The summed E-state index contributed by atoms with van der Waals surface area (Å²) in [5, 5.41) is 7.56. The Bertz CT molecular complexity index is 1910. The Kier molecular flexibility index (Phi) is 15.8. The molecule has 0 aliphatic rings. The Balaban J connectivity index is 0.000000645. The molecule has 0 bridgehead atoms. The van der Waals surface area contributed by atoms with E-state index in [9.17, 15) is 17.6 Å². The molecule has 0 radical (unpaired) electrons. The van der Waals surface area contributed by atoms with Gasteiger partial charge in [0.05, 0.1) is 29.4 Å². The van der Waals surface area contributed by atoms with E-state index >= 15 is 0 Å². The first-order valence-electron chi connectivity index (χ1n) is 15.4. The van der Waals surface area contributed by atoms with Gasteiger partial charge >= 0.3 is 0 Å². The van der Waals surface area contributed by atoms with Gasteiger partial charge in [-0.15, -0.1) is 12.4 Å². The number of carbonyl (C=O) groups excluding carboxylic acids is 1. The van der Waals surface area contributed by atoms with Gasteiger partial charge in [0.1, 0.15) is 51.7 Å². The highest BCUT2D eigenvalue weighted by Gasteiger charge is 2.11. The highest BCUT2D eigenvalue weighted by molar-refractivity contribution is 7.90. The summed E-state index contributed by atoms with van der Waals surface area (Å²) in [7, 11) is -3.02. The third-order valence-electron chi connectivity index (χ3n) is 6.94. The van der Waals surface area contributed by atoms with E-state index < -0.39 is 9.84 Å². The number of halogens is 3. The number of nitrogens with one attached hydrogen (secondary N) is 2. The number of sulfone groups is 1. The van der Waals surface area contributed by atoms with Crippen molar-refractivity contribution in [3.8, 4) is 17.1 Å². The molecule has 5 rings (SSSR count). The van der Waals surface area contributed by atoms with Gasteiger partial charge in [-0.2, -0.15) is 0 Å². The van der Waals surface area contributed by atoms with Gasteiger partial charge in [-0.05, 0) is 72.6 Å². The quantitative estimate of drug-likeness (QED) is 0.0762. The fourth-order valence-corrected chi connectivity index (χ4v) is 5.26. The van der Waals surface area contributed by atoms with E-state index in [2.05, 4.69) is 32.3 Å². The van der Waals surface area contributed by atoms with E-state index in [1.807, 2.05) is 36.4 Å². The van der Waals surface area contributed by atoms with Gasteiger partial charge in [0, 0.05) is 29.4 Å². The fourth-order valence-electron chi connectivity index (χ4n) is 4.51. The van der Waals surface area contributed by atoms with Gasteiger partial charge < -0.3 is 24.5 Å². The van der Waals surface area contributed by atoms with E-state index in [1.165, 1.54) is 31.1 Å². The highest BCUT2D eigenvalue weighted by atomic mass is 35.5. The summed E-state index contributed by atoms with van der Waals surface area (Å²) >= 11 is 6.47. The second kappa shape index (κ2) is 19.7. The maximum atomic E-state index is 13.4. The van der Waals surface area contributed by atoms with Crippen molar-refractivity contribution in [1.82, 2.24) is 15.3 Å². The second-order valence-electron chi connectivity index (χ2n) is 10.9. The summed E-state index contributed by atoms with van der Waals surface area (Å²) in [5.41, 5.74) is 2.99. The van der Waals surface area contributed by atoms with Crippen molar-refractivity contribution < 1.29 is 31.5 Å². The normalized spacial score (nSPS) is 10.9. The lowest BCUT2D eigenvalue weighted by Crippen LogP contribution is -2.21. The fraction of sp³-hybridized carbons (Fsp3) is 0.286. The number of nitrogens with zero attached hydrogens (tertiary/aromatic N) is 2. The molecule has 0 fully saturated rings. The van der Waals surface area contributed by atoms with Crippen molar-refractivity contribution in [2.24, 2.45) is 0 Å². The average Bonchev–Trinajstić information content (AvgIpc) is 3.54. The minimum Gasteiger partial charge on any atom is -0.487 e. The van der Waals surface area contributed by atoms with Crippen molar-refractivity contribution in [2.45, 2.75) is 39.3 Å². The molecule has 2 N–H and O–H groups in total. The summed E-state index contributed by atoms with van der Waals surface area (Å²) < 4.78 is 52.2. The van der Waals surface area contributed by atoms with Crippen LogP contribution in [-0.2, 0) is 32.5 Å². The topological polar surface area (TPSA) is 133 Å². The monoisotopic (exact) mass is 732 g/mol. The largest absolute Gasteiger partial charge is 0.487 e. The molecule has 262 valence electrons. The molecule has 0 unspecified atom stereocenters. The number of ether oxygens (including phenoxy) is 2. The number of unbranched alkanes of at least 4 members (excludes halogenated alkanes) is 2. The number of anilines is 2. The molecule has 5 aromatic rings. The second-order valence-corrected chi connectivity index (χ2v) is 13.6. The van der Waals surface area contributed by atoms with Crippen LogP contribution in [0, 0.1) is 5.82 Å². The van der Waals surface area contributed by atoms with E-state index in [-0.39, 0.29) is 30.6 Å². The Morgan fingerprint density at radius 3 is 2.59 bits per heavy atom. The van der Waals surface area contributed by atoms with Crippen molar-refractivity contribution in [1.29, 1.82) is 0 Å².